The Balaban J connectivity index is 1.92. The zero-order chi connectivity index (χ0) is 13.0. The van der Waals surface area contributed by atoms with Crippen LogP contribution >= 0.6 is 0 Å². The molecular formula is C15H23NO2. The quantitative estimate of drug-likeness (QED) is 0.868. The average molecular weight is 249 g/mol. The van der Waals surface area contributed by atoms with E-state index in [1.165, 1.54) is 11.1 Å². The molecule has 0 bridgehead atoms. The molecule has 0 saturated carbocycles. The van der Waals surface area contributed by atoms with Gasteiger partial charge in [-0.1, -0.05) is 6.07 Å². The van der Waals surface area contributed by atoms with Gasteiger partial charge < -0.3 is 14.8 Å². The SMILES string of the molecule is CNC(COc1cc(C)cc(C)c1)C1CCOC1. The summed E-state index contributed by atoms with van der Waals surface area (Å²) in [5, 5.41) is 3.34. The topological polar surface area (TPSA) is 30.5 Å². The van der Waals surface area contributed by atoms with Crippen LogP contribution in [0.5, 0.6) is 5.75 Å². The van der Waals surface area contributed by atoms with Gasteiger partial charge >= 0.3 is 0 Å². The van der Waals surface area contributed by atoms with Gasteiger partial charge in [0, 0.05) is 18.6 Å². The molecule has 1 aromatic carbocycles. The lowest BCUT2D eigenvalue weighted by molar-refractivity contribution is 0.162. The monoisotopic (exact) mass is 249 g/mol. The van der Waals surface area contributed by atoms with Gasteiger partial charge in [-0.3, -0.25) is 0 Å². The molecule has 1 fully saturated rings. The van der Waals surface area contributed by atoms with Crippen molar-refractivity contribution in [3.63, 3.8) is 0 Å². The first-order valence-corrected chi connectivity index (χ1v) is 6.65. The van der Waals surface area contributed by atoms with Crippen molar-refractivity contribution in [2.75, 3.05) is 26.9 Å². The second-order valence-electron chi connectivity index (χ2n) is 5.15. The molecule has 1 saturated heterocycles. The van der Waals surface area contributed by atoms with Crippen LogP contribution in [-0.2, 0) is 4.74 Å². The van der Waals surface area contributed by atoms with Crippen molar-refractivity contribution in [3.05, 3.63) is 29.3 Å². The lowest BCUT2D eigenvalue weighted by Crippen LogP contribution is -2.39. The molecule has 2 atom stereocenters. The summed E-state index contributed by atoms with van der Waals surface area (Å²) in [6, 6.07) is 6.71. The molecule has 1 aromatic rings. The van der Waals surface area contributed by atoms with Crippen LogP contribution in [-0.4, -0.2) is 32.9 Å². The van der Waals surface area contributed by atoms with Gasteiger partial charge in [-0.25, -0.2) is 0 Å². The molecule has 0 aliphatic carbocycles. The van der Waals surface area contributed by atoms with E-state index in [0.29, 0.717) is 18.6 Å². The lowest BCUT2D eigenvalue weighted by atomic mass is 10.00. The Labute approximate surface area is 109 Å². The first-order valence-electron chi connectivity index (χ1n) is 6.65. The normalized spacial score (nSPS) is 20.9. The Hall–Kier alpha value is -1.06. The number of nitrogens with one attached hydrogen (secondary N) is 1. The maximum Gasteiger partial charge on any atom is 0.119 e. The average Bonchev–Trinajstić information content (AvgIpc) is 2.82. The summed E-state index contributed by atoms with van der Waals surface area (Å²) in [5.74, 6) is 1.53. The minimum absolute atomic E-state index is 0.369. The van der Waals surface area contributed by atoms with Crippen LogP contribution in [0.3, 0.4) is 0 Å². The van der Waals surface area contributed by atoms with Crippen LogP contribution in [0.25, 0.3) is 0 Å². The Morgan fingerprint density at radius 1 is 1.33 bits per heavy atom. The molecule has 100 valence electrons. The van der Waals surface area contributed by atoms with Crippen LogP contribution in [0.4, 0.5) is 0 Å². The Morgan fingerprint density at radius 3 is 2.61 bits per heavy atom. The highest BCUT2D eigenvalue weighted by Crippen LogP contribution is 2.20. The van der Waals surface area contributed by atoms with Crippen LogP contribution < -0.4 is 10.1 Å². The predicted octanol–water partition coefficient (Wildman–Crippen LogP) is 2.31. The highest BCUT2D eigenvalue weighted by atomic mass is 16.5. The van der Waals surface area contributed by atoms with E-state index < -0.39 is 0 Å². The van der Waals surface area contributed by atoms with Crippen molar-refractivity contribution in [1.82, 2.24) is 5.32 Å². The van der Waals surface area contributed by atoms with Gasteiger partial charge in [-0.2, -0.15) is 0 Å². The Morgan fingerprint density at radius 2 is 2.06 bits per heavy atom. The molecular weight excluding hydrogens is 226 g/mol. The van der Waals surface area contributed by atoms with Gasteiger partial charge in [-0.05, 0) is 50.6 Å². The number of ether oxygens (including phenoxy) is 2. The van der Waals surface area contributed by atoms with Crippen molar-refractivity contribution in [1.29, 1.82) is 0 Å². The number of hydrogen-bond donors (Lipinski definition) is 1. The number of aryl methyl sites for hydroxylation is 2. The fourth-order valence-electron chi connectivity index (χ4n) is 2.53. The van der Waals surface area contributed by atoms with Gasteiger partial charge in [0.1, 0.15) is 12.4 Å². The molecule has 2 rings (SSSR count). The first-order chi connectivity index (χ1) is 8.69. The Kier molecular flexibility index (Phi) is 4.61. The van der Waals surface area contributed by atoms with E-state index >= 15 is 0 Å². The molecule has 2 unspecified atom stereocenters. The molecule has 1 heterocycles. The number of benzene rings is 1. The highest BCUT2D eigenvalue weighted by Gasteiger charge is 2.24. The summed E-state index contributed by atoms with van der Waals surface area (Å²) < 4.78 is 11.3. The van der Waals surface area contributed by atoms with Gasteiger partial charge in [0.15, 0.2) is 0 Å². The first kappa shape index (κ1) is 13.4. The van der Waals surface area contributed by atoms with Gasteiger partial charge in [0.05, 0.1) is 6.61 Å². The highest BCUT2D eigenvalue weighted by molar-refractivity contribution is 5.33. The number of hydrogen-bond acceptors (Lipinski definition) is 3. The van der Waals surface area contributed by atoms with E-state index in [-0.39, 0.29) is 0 Å². The maximum atomic E-state index is 5.92. The molecule has 18 heavy (non-hydrogen) atoms. The van der Waals surface area contributed by atoms with E-state index in [1.54, 1.807) is 0 Å². The fourth-order valence-corrected chi connectivity index (χ4v) is 2.53. The fraction of sp³-hybridized carbons (Fsp3) is 0.600. The minimum Gasteiger partial charge on any atom is -0.492 e. The van der Waals surface area contributed by atoms with Crippen LogP contribution in [0.1, 0.15) is 17.5 Å². The second kappa shape index (κ2) is 6.21. The minimum atomic E-state index is 0.369. The van der Waals surface area contributed by atoms with Crippen LogP contribution in [0.15, 0.2) is 18.2 Å². The summed E-state index contributed by atoms with van der Waals surface area (Å²) >= 11 is 0. The van der Waals surface area contributed by atoms with E-state index in [1.807, 2.05) is 7.05 Å². The van der Waals surface area contributed by atoms with Crippen molar-refractivity contribution >= 4 is 0 Å². The van der Waals surface area contributed by atoms with E-state index in [0.717, 1.165) is 25.4 Å². The molecule has 3 heteroatoms. The lowest BCUT2D eigenvalue weighted by Gasteiger charge is -2.22. The predicted molar refractivity (Wildman–Crippen MR) is 73.2 cm³/mol. The van der Waals surface area contributed by atoms with Gasteiger partial charge in [0.25, 0.3) is 0 Å². The van der Waals surface area contributed by atoms with Crippen LogP contribution in [0.2, 0.25) is 0 Å². The second-order valence-corrected chi connectivity index (χ2v) is 5.15. The third-order valence-electron chi connectivity index (χ3n) is 3.53. The molecule has 0 spiro atoms. The number of rotatable bonds is 5. The molecule has 3 nitrogen and oxygen atoms in total. The summed E-state index contributed by atoms with van der Waals surface area (Å²) in [6.07, 6.45) is 1.13. The molecule has 1 aliphatic heterocycles. The van der Waals surface area contributed by atoms with Crippen molar-refractivity contribution in [3.8, 4) is 5.75 Å². The molecule has 1 aliphatic rings. The van der Waals surface area contributed by atoms with Gasteiger partial charge in [-0.15, -0.1) is 0 Å². The van der Waals surface area contributed by atoms with Crippen molar-refractivity contribution in [2.24, 2.45) is 5.92 Å². The molecule has 0 amide bonds. The summed E-state index contributed by atoms with van der Waals surface area (Å²) in [5.41, 5.74) is 2.49. The third-order valence-corrected chi connectivity index (χ3v) is 3.53. The summed E-state index contributed by atoms with van der Waals surface area (Å²) in [6.45, 7) is 6.63. The van der Waals surface area contributed by atoms with Crippen LogP contribution in [0, 0.1) is 19.8 Å². The summed E-state index contributed by atoms with van der Waals surface area (Å²) in [4.78, 5) is 0. The largest absolute Gasteiger partial charge is 0.492 e. The molecule has 1 N–H and O–H groups in total. The maximum absolute atomic E-state index is 5.92. The van der Waals surface area contributed by atoms with Crippen molar-refractivity contribution < 1.29 is 9.47 Å². The van der Waals surface area contributed by atoms with E-state index in [2.05, 4.69) is 37.4 Å². The zero-order valence-corrected chi connectivity index (χ0v) is 11.5. The zero-order valence-electron chi connectivity index (χ0n) is 11.5. The van der Waals surface area contributed by atoms with Gasteiger partial charge in [0.2, 0.25) is 0 Å². The smallest absolute Gasteiger partial charge is 0.119 e. The summed E-state index contributed by atoms with van der Waals surface area (Å²) in [7, 11) is 1.99. The number of likely N-dealkylation sites (N-methyl/N-ethyl adjacent to an activating group) is 1. The van der Waals surface area contributed by atoms with Crippen molar-refractivity contribution in [2.45, 2.75) is 26.3 Å². The molecule has 0 aromatic heterocycles. The van der Waals surface area contributed by atoms with E-state index in [9.17, 15) is 0 Å². The molecule has 0 radical (unpaired) electrons. The Bertz CT molecular complexity index is 366. The van der Waals surface area contributed by atoms with E-state index in [4.69, 9.17) is 9.47 Å². The third kappa shape index (κ3) is 3.47. The standard InChI is InChI=1S/C15H23NO2/c1-11-6-12(2)8-14(7-11)18-10-15(16-3)13-4-5-17-9-13/h6-8,13,15-16H,4-5,9-10H2,1-3H3.